The van der Waals surface area contributed by atoms with Crippen LogP contribution in [0.2, 0.25) is 0 Å². The molecule has 0 fully saturated rings. The molecule has 0 radical (unpaired) electrons. The summed E-state index contributed by atoms with van der Waals surface area (Å²) in [4.78, 5) is 0. The van der Waals surface area contributed by atoms with E-state index in [1.807, 2.05) is 18.8 Å². The number of thioether (sulfide) groups is 1. The van der Waals surface area contributed by atoms with Crippen molar-refractivity contribution in [2.75, 3.05) is 18.6 Å². The van der Waals surface area contributed by atoms with E-state index in [0.29, 0.717) is 12.0 Å². The molecule has 1 aromatic carbocycles. The van der Waals surface area contributed by atoms with Crippen LogP contribution in [0.1, 0.15) is 18.9 Å². The van der Waals surface area contributed by atoms with Crippen molar-refractivity contribution in [1.82, 2.24) is 5.32 Å². The number of benzene rings is 1. The molecule has 0 bridgehead atoms. The molecule has 4 heteroatoms. The molecule has 1 atom stereocenters. The summed E-state index contributed by atoms with van der Waals surface area (Å²) in [5.74, 6) is 1.07. The fourth-order valence-corrected chi connectivity index (χ4v) is 2.65. The minimum atomic E-state index is -0.504. The molecule has 0 heterocycles. The molecule has 96 valence electrons. The van der Waals surface area contributed by atoms with Crippen LogP contribution in [0, 0.1) is 11.6 Å². The summed E-state index contributed by atoms with van der Waals surface area (Å²) in [6.07, 6.45) is 1.80. The molecule has 0 aliphatic heterocycles. The van der Waals surface area contributed by atoms with E-state index in [-0.39, 0.29) is 6.04 Å². The van der Waals surface area contributed by atoms with Crippen molar-refractivity contribution in [1.29, 1.82) is 0 Å². The molecule has 0 aliphatic carbocycles. The van der Waals surface area contributed by atoms with E-state index in [1.54, 1.807) is 0 Å². The lowest BCUT2D eigenvalue weighted by atomic mass is 10.1. The van der Waals surface area contributed by atoms with Gasteiger partial charge in [-0.25, -0.2) is 8.78 Å². The predicted molar refractivity (Wildman–Crippen MR) is 70.5 cm³/mol. The number of nitrogens with one attached hydrogen (secondary N) is 1. The summed E-state index contributed by atoms with van der Waals surface area (Å²) >= 11 is 1.86. The zero-order valence-electron chi connectivity index (χ0n) is 10.3. The first-order valence-corrected chi connectivity index (χ1v) is 7.01. The standard InChI is InChI=1S/C13H19F2NS/c1-3-4-17-9-13(16-2)7-10-5-11(14)8-12(15)6-10/h5-6,8,13,16H,3-4,7,9H2,1-2H3. The predicted octanol–water partition coefficient (Wildman–Crippen LogP) is 3.24. The Morgan fingerprint density at radius 1 is 1.24 bits per heavy atom. The first-order chi connectivity index (χ1) is 8.15. The Morgan fingerprint density at radius 3 is 2.41 bits per heavy atom. The number of likely N-dealkylation sites (N-methyl/N-ethyl adjacent to an activating group) is 1. The third-order valence-corrected chi connectivity index (χ3v) is 3.82. The second-order valence-electron chi connectivity index (χ2n) is 4.04. The largest absolute Gasteiger partial charge is 0.316 e. The lowest BCUT2D eigenvalue weighted by Crippen LogP contribution is -2.30. The lowest BCUT2D eigenvalue weighted by molar-refractivity contribution is 0.569. The maximum absolute atomic E-state index is 13.0. The van der Waals surface area contributed by atoms with Gasteiger partial charge in [0.05, 0.1) is 0 Å². The van der Waals surface area contributed by atoms with Gasteiger partial charge in [-0.3, -0.25) is 0 Å². The van der Waals surface area contributed by atoms with Crippen molar-refractivity contribution in [3.8, 4) is 0 Å². The number of rotatable bonds is 7. The van der Waals surface area contributed by atoms with E-state index in [9.17, 15) is 8.78 Å². The fraction of sp³-hybridized carbons (Fsp3) is 0.538. The molecule has 1 unspecified atom stereocenters. The third-order valence-electron chi connectivity index (χ3n) is 2.48. The Balaban J connectivity index is 2.54. The Kier molecular flexibility index (Phi) is 6.52. The highest BCUT2D eigenvalue weighted by molar-refractivity contribution is 7.99. The summed E-state index contributed by atoms with van der Waals surface area (Å²) in [5.41, 5.74) is 0.707. The van der Waals surface area contributed by atoms with E-state index in [2.05, 4.69) is 12.2 Å². The van der Waals surface area contributed by atoms with Crippen LogP contribution in [-0.4, -0.2) is 24.6 Å². The summed E-state index contributed by atoms with van der Waals surface area (Å²) in [7, 11) is 1.88. The lowest BCUT2D eigenvalue weighted by Gasteiger charge is -2.15. The maximum Gasteiger partial charge on any atom is 0.126 e. The van der Waals surface area contributed by atoms with Gasteiger partial charge >= 0.3 is 0 Å². The molecule has 0 aliphatic rings. The molecule has 1 N–H and O–H groups in total. The molecule has 0 amide bonds. The third kappa shape index (κ3) is 5.50. The first kappa shape index (κ1) is 14.5. The van der Waals surface area contributed by atoms with Gasteiger partial charge in [-0.2, -0.15) is 11.8 Å². The number of halogens is 2. The molecular weight excluding hydrogens is 240 g/mol. The van der Waals surface area contributed by atoms with Crippen LogP contribution in [-0.2, 0) is 6.42 Å². The summed E-state index contributed by atoms with van der Waals surface area (Å²) in [5, 5.41) is 3.18. The molecule has 1 nitrogen and oxygen atoms in total. The van der Waals surface area contributed by atoms with Gasteiger partial charge in [-0.15, -0.1) is 0 Å². The topological polar surface area (TPSA) is 12.0 Å². The fourth-order valence-electron chi connectivity index (χ4n) is 1.63. The molecule has 17 heavy (non-hydrogen) atoms. The quantitative estimate of drug-likeness (QED) is 0.754. The molecule has 0 spiro atoms. The van der Waals surface area contributed by atoms with E-state index in [4.69, 9.17) is 0 Å². The second-order valence-corrected chi connectivity index (χ2v) is 5.19. The van der Waals surface area contributed by atoms with Crippen LogP contribution in [0.15, 0.2) is 18.2 Å². The Labute approximate surface area is 106 Å². The molecule has 1 aromatic rings. The highest BCUT2D eigenvalue weighted by Crippen LogP contribution is 2.13. The van der Waals surface area contributed by atoms with Crippen molar-refractivity contribution in [2.45, 2.75) is 25.8 Å². The number of hydrogen-bond donors (Lipinski definition) is 1. The van der Waals surface area contributed by atoms with E-state index < -0.39 is 11.6 Å². The van der Waals surface area contributed by atoms with Gasteiger partial charge in [0.15, 0.2) is 0 Å². The second kappa shape index (κ2) is 7.67. The van der Waals surface area contributed by atoms with Crippen molar-refractivity contribution in [3.05, 3.63) is 35.4 Å². The minimum absolute atomic E-state index is 0.257. The van der Waals surface area contributed by atoms with Crippen LogP contribution in [0.5, 0.6) is 0 Å². The highest BCUT2D eigenvalue weighted by Gasteiger charge is 2.09. The Hall–Kier alpha value is -0.610. The van der Waals surface area contributed by atoms with Crippen LogP contribution in [0.25, 0.3) is 0 Å². The average molecular weight is 259 g/mol. The molecule has 1 rings (SSSR count). The highest BCUT2D eigenvalue weighted by atomic mass is 32.2. The van der Waals surface area contributed by atoms with Crippen molar-refractivity contribution in [3.63, 3.8) is 0 Å². The van der Waals surface area contributed by atoms with E-state index >= 15 is 0 Å². The SMILES string of the molecule is CCCSCC(Cc1cc(F)cc(F)c1)NC. The summed E-state index contributed by atoms with van der Waals surface area (Å²) in [6.45, 7) is 2.14. The zero-order chi connectivity index (χ0) is 12.7. The first-order valence-electron chi connectivity index (χ1n) is 5.85. The van der Waals surface area contributed by atoms with Gasteiger partial charge < -0.3 is 5.32 Å². The van der Waals surface area contributed by atoms with Gasteiger partial charge in [0.2, 0.25) is 0 Å². The average Bonchev–Trinajstić information content (AvgIpc) is 2.26. The molecule has 0 aromatic heterocycles. The van der Waals surface area contributed by atoms with Crippen LogP contribution < -0.4 is 5.32 Å². The van der Waals surface area contributed by atoms with E-state index in [0.717, 1.165) is 24.0 Å². The normalized spacial score (nSPS) is 12.7. The van der Waals surface area contributed by atoms with Crippen LogP contribution >= 0.6 is 11.8 Å². The molecular formula is C13H19F2NS. The van der Waals surface area contributed by atoms with Gasteiger partial charge in [-0.1, -0.05) is 6.92 Å². The molecule has 0 saturated carbocycles. The van der Waals surface area contributed by atoms with Gasteiger partial charge in [0.25, 0.3) is 0 Å². The van der Waals surface area contributed by atoms with Gasteiger partial charge in [0, 0.05) is 17.9 Å². The molecule has 0 saturated heterocycles. The summed E-state index contributed by atoms with van der Waals surface area (Å²) < 4.78 is 26.0. The number of hydrogen-bond acceptors (Lipinski definition) is 2. The van der Waals surface area contributed by atoms with Gasteiger partial charge in [-0.05, 0) is 43.3 Å². The summed E-state index contributed by atoms with van der Waals surface area (Å²) in [6, 6.07) is 3.97. The van der Waals surface area contributed by atoms with Crippen LogP contribution in [0.3, 0.4) is 0 Å². The maximum atomic E-state index is 13.0. The Morgan fingerprint density at radius 2 is 1.88 bits per heavy atom. The zero-order valence-corrected chi connectivity index (χ0v) is 11.1. The smallest absolute Gasteiger partial charge is 0.126 e. The minimum Gasteiger partial charge on any atom is -0.316 e. The van der Waals surface area contributed by atoms with E-state index in [1.165, 1.54) is 12.1 Å². The van der Waals surface area contributed by atoms with Crippen molar-refractivity contribution < 1.29 is 8.78 Å². The van der Waals surface area contributed by atoms with Crippen molar-refractivity contribution >= 4 is 11.8 Å². The monoisotopic (exact) mass is 259 g/mol. The Bertz CT molecular complexity index is 324. The van der Waals surface area contributed by atoms with Crippen molar-refractivity contribution in [2.24, 2.45) is 0 Å². The van der Waals surface area contributed by atoms with Gasteiger partial charge in [0.1, 0.15) is 11.6 Å². The van der Waals surface area contributed by atoms with Crippen LogP contribution in [0.4, 0.5) is 8.78 Å².